The Labute approximate surface area is 98.9 Å². The summed E-state index contributed by atoms with van der Waals surface area (Å²) in [4.78, 5) is 0. The van der Waals surface area contributed by atoms with Crippen LogP contribution in [-0.2, 0) is 0 Å². The van der Waals surface area contributed by atoms with Gasteiger partial charge in [-0.25, -0.2) is 0 Å². The van der Waals surface area contributed by atoms with E-state index in [0.717, 1.165) is 12.0 Å². The van der Waals surface area contributed by atoms with Gasteiger partial charge in [-0.1, -0.05) is 17.7 Å². The molecular weight excluding hydrogens is 224 g/mol. The Bertz CT molecular complexity index is 457. The summed E-state index contributed by atoms with van der Waals surface area (Å²) in [5, 5.41) is 11.5. The predicted octanol–water partition coefficient (Wildman–Crippen LogP) is 1.62. The first-order chi connectivity index (χ1) is 7.72. The van der Waals surface area contributed by atoms with Crippen molar-refractivity contribution in [2.24, 2.45) is 0 Å². The van der Waals surface area contributed by atoms with Crippen molar-refractivity contribution in [3.05, 3.63) is 22.9 Å². The Balaban J connectivity index is 2.00. The number of aromatic nitrogens is 2. The van der Waals surface area contributed by atoms with Gasteiger partial charge in [-0.15, -0.1) is 10.2 Å². The molecule has 2 aliphatic rings. The lowest BCUT2D eigenvalue weighted by Gasteiger charge is -2.21. The molecule has 3 heterocycles. The van der Waals surface area contributed by atoms with Crippen molar-refractivity contribution in [2.75, 3.05) is 5.73 Å². The molecule has 3 rings (SSSR count). The fourth-order valence-electron chi connectivity index (χ4n) is 2.55. The van der Waals surface area contributed by atoms with Crippen LogP contribution in [0.2, 0.25) is 5.15 Å². The first-order valence-electron chi connectivity index (χ1n) is 5.48. The number of hydrogen-bond acceptors (Lipinski definition) is 4. The number of nitrogens with one attached hydrogen (secondary N) is 1. The fourth-order valence-corrected chi connectivity index (χ4v) is 2.70. The number of hydrogen-bond donors (Lipinski definition) is 2. The lowest BCUT2D eigenvalue weighted by molar-refractivity contribution is 0.575. The fraction of sp³-hybridized carbons (Fsp3) is 0.455. The number of fused-ring (bicyclic) bond motifs is 2. The summed E-state index contributed by atoms with van der Waals surface area (Å²) in [5.74, 6) is 0.469. The van der Waals surface area contributed by atoms with E-state index in [1.54, 1.807) is 6.07 Å². The molecule has 2 atom stereocenters. The third kappa shape index (κ3) is 1.68. The normalized spacial score (nSPS) is 27.9. The summed E-state index contributed by atoms with van der Waals surface area (Å²) in [7, 11) is 0. The first-order valence-corrected chi connectivity index (χ1v) is 5.86. The van der Waals surface area contributed by atoms with E-state index in [4.69, 9.17) is 17.3 Å². The van der Waals surface area contributed by atoms with Crippen molar-refractivity contribution in [1.29, 1.82) is 0 Å². The second-order valence-electron chi connectivity index (χ2n) is 4.41. The summed E-state index contributed by atoms with van der Waals surface area (Å²) in [6.45, 7) is 0. The minimum atomic E-state index is 0.399. The van der Waals surface area contributed by atoms with Crippen LogP contribution in [0.15, 0.2) is 12.1 Å². The summed E-state index contributed by atoms with van der Waals surface area (Å²) < 4.78 is 0. The molecule has 0 amide bonds. The van der Waals surface area contributed by atoms with Gasteiger partial charge in [0.15, 0.2) is 11.0 Å². The van der Waals surface area contributed by atoms with Crippen molar-refractivity contribution in [2.45, 2.75) is 31.3 Å². The van der Waals surface area contributed by atoms with E-state index >= 15 is 0 Å². The lowest BCUT2D eigenvalue weighted by Crippen LogP contribution is -2.32. The third-order valence-corrected chi connectivity index (χ3v) is 3.47. The molecule has 0 aliphatic carbocycles. The van der Waals surface area contributed by atoms with E-state index in [2.05, 4.69) is 21.6 Å². The monoisotopic (exact) mass is 236 g/mol. The highest BCUT2D eigenvalue weighted by Crippen LogP contribution is 2.34. The van der Waals surface area contributed by atoms with E-state index in [0.29, 0.717) is 23.1 Å². The number of nitrogens with zero attached hydrogens (tertiary/aromatic N) is 2. The van der Waals surface area contributed by atoms with Gasteiger partial charge in [0.1, 0.15) is 0 Å². The van der Waals surface area contributed by atoms with Crippen molar-refractivity contribution < 1.29 is 0 Å². The molecule has 84 valence electrons. The summed E-state index contributed by atoms with van der Waals surface area (Å²) in [6.07, 6.45) is 5.69. The van der Waals surface area contributed by atoms with Crippen LogP contribution in [0.5, 0.6) is 0 Å². The first kappa shape index (κ1) is 10.1. The van der Waals surface area contributed by atoms with Gasteiger partial charge in [-0.2, -0.15) is 0 Å². The van der Waals surface area contributed by atoms with E-state index in [1.165, 1.54) is 18.4 Å². The molecule has 3 N–H and O–H groups in total. The highest BCUT2D eigenvalue weighted by Gasteiger charge is 2.29. The zero-order chi connectivity index (χ0) is 11.1. The standard InChI is InChI=1S/C11H13ClN4/c12-10-5-9(11(13)16-15-10)6-3-7-1-2-8(4-6)14-7/h3,5,7-8,14H,1-2,4H2,(H2,13,16). The summed E-state index contributed by atoms with van der Waals surface area (Å²) in [6, 6.07) is 2.87. The van der Waals surface area contributed by atoms with Crippen LogP contribution >= 0.6 is 11.6 Å². The van der Waals surface area contributed by atoms with Crippen LogP contribution in [0, 0.1) is 0 Å². The Morgan fingerprint density at radius 1 is 1.38 bits per heavy atom. The highest BCUT2D eigenvalue weighted by atomic mass is 35.5. The molecule has 2 unspecified atom stereocenters. The maximum absolute atomic E-state index is 5.85. The van der Waals surface area contributed by atoms with Crippen LogP contribution in [0.3, 0.4) is 0 Å². The number of nitrogen functional groups attached to an aromatic ring is 1. The molecule has 1 saturated heterocycles. The van der Waals surface area contributed by atoms with Crippen molar-refractivity contribution in [3.8, 4) is 0 Å². The number of halogens is 1. The molecule has 5 heteroatoms. The number of anilines is 1. The summed E-state index contributed by atoms with van der Waals surface area (Å²) in [5.41, 5.74) is 8.03. The molecule has 1 aromatic rings. The summed E-state index contributed by atoms with van der Waals surface area (Å²) >= 11 is 5.85. The zero-order valence-corrected chi connectivity index (χ0v) is 9.54. The van der Waals surface area contributed by atoms with Crippen LogP contribution < -0.4 is 11.1 Å². The van der Waals surface area contributed by atoms with Crippen LogP contribution in [-0.4, -0.2) is 22.3 Å². The number of nitrogens with two attached hydrogens (primary N) is 1. The SMILES string of the molecule is Nc1nnc(Cl)cc1C1=CC2CCC(C1)N2. The average Bonchev–Trinajstić information content (AvgIpc) is 2.61. The highest BCUT2D eigenvalue weighted by molar-refractivity contribution is 6.29. The van der Waals surface area contributed by atoms with Gasteiger partial charge in [0.05, 0.1) is 0 Å². The van der Waals surface area contributed by atoms with Gasteiger partial charge in [-0.3, -0.25) is 0 Å². The molecule has 0 spiro atoms. The van der Waals surface area contributed by atoms with Gasteiger partial charge in [0.25, 0.3) is 0 Å². The van der Waals surface area contributed by atoms with Gasteiger partial charge in [0, 0.05) is 17.6 Å². The molecule has 16 heavy (non-hydrogen) atoms. The smallest absolute Gasteiger partial charge is 0.153 e. The van der Waals surface area contributed by atoms with Crippen LogP contribution in [0.1, 0.15) is 24.8 Å². The largest absolute Gasteiger partial charge is 0.382 e. The zero-order valence-electron chi connectivity index (χ0n) is 8.78. The quantitative estimate of drug-likeness (QED) is 0.778. The molecular formula is C11H13ClN4. The second kappa shape index (κ2) is 3.71. The van der Waals surface area contributed by atoms with Gasteiger partial charge in [0.2, 0.25) is 0 Å². The second-order valence-corrected chi connectivity index (χ2v) is 4.80. The maximum Gasteiger partial charge on any atom is 0.153 e. The lowest BCUT2D eigenvalue weighted by atomic mass is 9.97. The van der Waals surface area contributed by atoms with Gasteiger partial charge < -0.3 is 11.1 Å². The van der Waals surface area contributed by atoms with Crippen LogP contribution in [0.25, 0.3) is 5.57 Å². The molecule has 2 bridgehead atoms. The van der Waals surface area contributed by atoms with E-state index < -0.39 is 0 Å². The molecule has 0 aromatic carbocycles. The molecule has 4 nitrogen and oxygen atoms in total. The van der Waals surface area contributed by atoms with Crippen molar-refractivity contribution in [3.63, 3.8) is 0 Å². The average molecular weight is 237 g/mol. The van der Waals surface area contributed by atoms with Crippen molar-refractivity contribution >= 4 is 23.0 Å². The van der Waals surface area contributed by atoms with Crippen LogP contribution in [0.4, 0.5) is 5.82 Å². The van der Waals surface area contributed by atoms with Gasteiger partial charge >= 0.3 is 0 Å². The Hall–Kier alpha value is -1.13. The Morgan fingerprint density at radius 3 is 3.06 bits per heavy atom. The topological polar surface area (TPSA) is 63.8 Å². The van der Waals surface area contributed by atoms with E-state index in [1.807, 2.05) is 0 Å². The third-order valence-electron chi connectivity index (χ3n) is 3.28. The molecule has 1 aromatic heterocycles. The van der Waals surface area contributed by atoms with Crippen molar-refractivity contribution in [1.82, 2.24) is 15.5 Å². The van der Waals surface area contributed by atoms with E-state index in [-0.39, 0.29) is 0 Å². The molecule has 0 radical (unpaired) electrons. The van der Waals surface area contributed by atoms with E-state index in [9.17, 15) is 0 Å². The minimum absolute atomic E-state index is 0.399. The van der Waals surface area contributed by atoms with Gasteiger partial charge in [-0.05, 0) is 30.9 Å². The predicted molar refractivity (Wildman–Crippen MR) is 64.0 cm³/mol. The Morgan fingerprint density at radius 2 is 2.25 bits per heavy atom. The minimum Gasteiger partial charge on any atom is -0.382 e. The molecule has 1 fully saturated rings. The Kier molecular flexibility index (Phi) is 2.33. The maximum atomic E-state index is 5.85. The molecule has 0 saturated carbocycles. The number of rotatable bonds is 1. The molecule has 2 aliphatic heterocycles.